The zero-order chi connectivity index (χ0) is 18.2. The van der Waals surface area contributed by atoms with Crippen molar-refractivity contribution in [3.63, 3.8) is 0 Å². The van der Waals surface area contributed by atoms with Crippen molar-refractivity contribution in [2.45, 2.75) is 6.61 Å². The third-order valence-electron chi connectivity index (χ3n) is 3.57. The number of hydrogen-bond acceptors (Lipinski definition) is 3. The first-order chi connectivity index (χ1) is 12.7. The summed E-state index contributed by atoms with van der Waals surface area (Å²) in [6.45, 7) is 0.523. The molecule has 0 aromatic heterocycles. The summed E-state index contributed by atoms with van der Waals surface area (Å²) in [6.07, 6.45) is 3.12. The lowest BCUT2D eigenvalue weighted by atomic mass is 10.2. The Morgan fingerprint density at radius 1 is 0.846 bits per heavy atom. The van der Waals surface area contributed by atoms with Gasteiger partial charge in [-0.1, -0.05) is 58.4 Å². The van der Waals surface area contributed by atoms with Gasteiger partial charge in [0, 0.05) is 10.5 Å². The predicted octanol–water partition coefficient (Wildman–Crippen LogP) is 5.65. The minimum Gasteiger partial charge on any atom is -0.489 e. The molecular weight excluding hydrogens is 392 g/mol. The third-order valence-corrected chi connectivity index (χ3v) is 4.10. The van der Waals surface area contributed by atoms with Crippen molar-refractivity contribution in [2.24, 2.45) is 0 Å². The Hall–Kier alpha value is -2.85. The van der Waals surface area contributed by atoms with Crippen LogP contribution in [0.2, 0.25) is 0 Å². The third kappa shape index (κ3) is 5.60. The first kappa shape index (κ1) is 18.0. The van der Waals surface area contributed by atoms with Gasteiger partial charge < -0.3 is 9.47 Å². The van der Waals surface area contributed by atoms with Crippen molar-refractivity contribution >= 4 is 28.0 Å². The summed E-state index contributed by atoms with van der Waals surface area (Å²) >= 11 is 3.34. The Labute approximate surface area is 161 Å². The van der Waals surface area contributed by atoms with Crippen LogP contribution >= 0.6 is 15.9 Å². The molecule has 0 heterocycles. The SMILES string of the molecule is O=C(/C=C/c1ccc(OCc2ccccc2)cc1)Oc1ccc(Br)cc1. The summed E-state index contributed by atoms with van der Waals surface area (Å²) in [5.74, 6) is 0.868. The molecule has 0 saturated heterocycles. The van der Waals surface area contributed by atoms with E-state index in [1.54, 1.807) is 18.2 Å². The molecule has 0 atom stereocenters. The predicted molar refractivity (Wildman–Crippen MR) is 106 cm³/mol. The van der Waals surface area contributed by atoms with Gasteiger partial charge in [0.15, 0.2) is 0 Å². The van der Waals surface area contributed by atoms with Crippen LogP contribution in [0, 0.1) is 0 Å². The van der Waals surface area contributed by atoms with Gasteiger partial charge >= 0.3 is 5.97 Å². The van der Waals surface area contributed by atoms with Crippen molar-refractivity contribution in [2.75, 3.05) is 0 Å². The fraction of sp³-hybridized carbons (Fsp3) is 0.0455. The summed E-state index contributed by atoms with van der Waals surface area (Å²) in [6, 6.07) is 24.6. The van der Waals surface area contributed by atoms with E-state index in [2.05, 4.69) is 15.9 Å². The van der Waals surface area contributed by atoms with Crippen LogP contribution in [0.5, 0.6) is 11.5 Å². The molecule has 130 valence electrons. The van der Waals surface area contributed by atoms with Gasteiger partial charge in [-0.2, -0.15) is 0 Å². The maximum absolute atomic E-state index is 11.9. The number of rotatable bonds is 6. The molecule has 0 amide bonds. The van der Waals surface area contributed by atoms with E-state index in [4.69, 9.17) is 9.47 Å². The molecule has 0 saturated carbocycles. The van der Waals surface area contributed by atoms with Gasteiger partial charge in [-0.15, -0.1) is 0 Å². The summed E-state index contributed by atoms with van der Waals surface area (Å²) in [5.41, 5.74) is 2.01. The van der Waals surface area contributed by atoms with E-state index in [9.17, 15) is 4.79 Å². The molecule has 0 aliphatic carbocycles. The number of carbonyl (C=O) groups is 1. The first-order valence-electron chi connectivity index (χ1n) is 8.11. The molecular formula is C22H17BrO3. The molecule has 0 N–H and O–H groups in total. The number of carbonyl (C=O) groups excluding carboxylic acids is 1. The average molecular weight is 409 g/mol. The van der Waals surface area contributed by atoms with Crippen molar-refractivity contribution in [1.82, 2.24) is 0 Å². The molecule has 3 aromatic carbocycles. The van der Waals surface area contributed by atoms with Crippen LogP contribution in [-0.4, -0.2) is 5.97 Å². The highest BCUT2D eigenvalue weighted by Crippen LogP contribution is 2.17. The minimum absolute atomic E-state index is 0.420. The van der Waals surface area contributed by atoms with Crippen molar-refractivity contribution in [1.29, 1.82) is 0 Å². The molecule has 0 bridgehead atoms. The Morgan fingerprint density at radius 3 is 2.19 bits per heavy atom. The smallest absolute Gasteiger partial charge is 0.336 e. The van der Waals surface area contributed by atoms with E-state index >= 15 is 0 Å². The maximum Gasteiger partial charge on any atom is 0.336 e. The van der Waals surface area contributed by atoms with E-state index < -0.39 is 5.97 Å². The quantitative estimate of drug-likeness (QED) is 0.300. The lowest BCUT2D eigenvalue weighted by Gasteiger charge is -2.06. The highest BCUT2D eigenvalue weighted by atomic mass is 79.9. The fourth-order valence-corrected chi connectivity index (χ4v) is 2.50. The van der Waals surface area contributed by atoms with Crippen LogP contribution in [0.15, 0.2) is 89.4 Å². The van der Waals surface area contributed by atoms with Crippen molar-refractivity contribution in [3.05, 3.63) is 101 Å². The first-order valence-corrected chi connectivity index (χ1v) is 8.90. The van der Waals surface area contributed by atoms with E-state index in [1.165, 1.54) is 6.08 Å². The molecule has 3 rings (SSSR count). The number of benzene rings is 3. The zero-order valence-corrected chi connectivity index (χ0v) is 15.6. The van der Waals surface area contributed by atoms with Gasteiger partial charge in [0.1, 0.15) is 18.1 Å². The molecule has 0 aliphatic heterocycles. The zero-order valence-electron chi connectivity index (χ0n) is 14.0. The topological polar surface area (TPSA) is 35.5 Å². The molecule has 0 unspecified atom stereocenters. The molecule has 26 heavy (non-hydrogen) atoms. The molecule has 3 nitrogen and oxygen atoms in total. The van der Waals surface area contributed by atoms with Crippen LogP contribution in [0.25, 0.3) is 6.08 Å². The Balaban J connectivity index is 1.52. The summed E-state index contributed by atoms with van der Waals surface area (Å²) in [7, 11) is 0. The normalized spacial score (nSPS) is 10.7. The second-order valence-corrected chi connectivity index (χ2v) is 6.47. The van der Waals surface area contributed by atoms with Gasteiger partial charge in [-0.05, 0) is 53.6 Å². The second-order valence-electron chi connectivity index (χ2n) is 5.55. The lowest BCUT2D eigenvalue weighted by Crippen LogP contribution is -2.03. The largest absolute Gasteiger partial charge is 0.489 e. The molecule has 3 aromatic rings. The van der Waals surface area contributed by atoms with E-state index in [1.807, 2.05) is 66.7 Å². The van der Waals surface area contributed by atoms with Crippen LogP contribution in [0.1, 0.15) is 11.1 Å². The number of halogens is 1. The van der Waals surface area contributed by atoms with Crippen LogP contribution in [-0.2, 0) is 11.4 Å². The monoisotopic (exact) mass is 408 g/mol. The molecule has 4 heteroatoms. The second kappa shape index (κ2) is 9.02. The van der Waals surface area contributed by atoms with E-state index in [0.717, 1.165) is 21.3 Å². The van der Waals surface area contributed by atoms with Gasteiger partial charge in [0.25, 0.3) is 0 Å². The van der Waals surface area contributed by atoms with E-state index in [0.29, 0.717) is 12.4 Å². The van der Waals surface area contributed by atoms with Gasteiger partial charge in [0.05, 0.1) is 0 Å². The lowest BCUT2D eigenvalue weighted by molar-refractivity contribution is -0.128. The average Bonchev–Trinajstić information content (AvgIpc) is 2.68. The van der Waals surface area contributed by atoms with Crippen LogP contribution in [0.3, 0.4) is 0 Å². The minimum atomic E-state index is -0.420. The number of ether oxygens (including phenoxy) is 2. The molecule has 0 spiro atoms. The Morgan fingerprint density at radius 2 is 1.50 bits per heavy atom. The Kier molecular flexibility index (Phi) is 6.23. The number of hydrogen-bond donors (Lipinski definition) is 0. The van der Waals surface area contributed by atoms with Gasteiger partial charge in [-0.25, -0.2) is 4.79 Å². The molecule has 0 radical (unpaired) electrons. The van der Waals surface area contributed by atoms with Gasteiger partial charge in [-0.3, -0.25) is 0 Å². The van der Waals surface area contributed by atoms with Crippen LogP contribution in [0.4, 0.5) is 0 Å². The standard InChI is InChI=1S/C22H17BrO3/c23-19-9-13-21(14-10-19)26-22(24)15-8-17-6-11-20(12-7-17)25-16-18-4-2-1-3-5-18/h1-15H,16H2/b15-8+. The molecule has 0 aliphatic rings. The highest BCUT2D eigenvalue weighted by Gasteiger charge is 2.01. The van der Waals surface area contributed by atoms with Crippen molar-refractivity contribution in [3.8, 4) is 11.5 Å². The summed E-state index contributed by atoms with van der Waals surface area (Å²) in [4.78, 5) is 11.9. The van der Waals surface area contributed by atoms with Gasteiger partial charge in [0.2, 0.25) is 0 Å². The van der Waals surface area contributed by atoms with Crippen LogP contribution < -0.4 is 9.47 Å². The fourth-order valence-electron chi connectivity index (χ4n) is 2.23. The number of esters is 1. The summed E-state index contributed by atoms with van der Waals surface area (Å²) in [5, 5.41) is 0. The van der Waals surface area contributed by atoms with E-state index in [-0.39, 0.29) is 0 Å². The maximum atomic E-state index is 11.9. The van der Waals surface area contributed by atoms with Crippen molar-refractivity contribution < 1.29 is 14.3 Å². The highest BCUT2D eigenvalue weighted by molar-refractivity contribution is 9.10. The Bertz CT molecular complexity index is 870. The molecule has 0 fully saturated rings. The summed E-state index contributed by atoms with van der Waals surface area (Å²) < 4.78 is 11.9.